The Morgan fingerprint density at radius 3 is 2.52 bits per heavy atom. The molecule has 2 unspecified atom stereocenters. The van der Waals surface area contributed by atoms with Gasteiger partial charge in [0.25, 0.3) is 0 Å². The van der Waals surface area contributed by atoms with Gasteiger partial charge in [0.15, 0.2) is 0 Å². The summed E-state index contributed by atoms with van der Waals surface area (Å²) in [5, 5.41) is 3.31. The third-order valence-corrected chi connectivity index (χ3v) is 5.63. The number of hydrogen-bond acceptors (Lipinski definition) is 3. The van der Waals surface area contributed by atoms with Crippen LogP contribution in [0.25, 0.3) is 0 Å². The predicted octanol–water partition coefficient (Wildman–Crippen LogP) is 3.56. The molecule has 0 heterocycles. The van der Waals surface area contributed by atoms with E-state index in [2.05, 4.69) is 12.2 Å². The molecule has 0 aromatic heterocycles. The predicted molar refractivity (Wildman–Crippen MR) is 96.9 cm³/mol. The molecule has 5 heteroatoms. The molecule has 2 saturated carbocycles. The van der Waals surface area contributed by atoms with E-state index in [1.807, 2.05) is 0 Å². The summed E-state index contributed by atoms with van der Waals surface area (Å²) in [6.07, 6.45) is 12.7. The fourth-order valence-corrected chi connectivity index (χ4v) is 4.32. The number of halogens is 1. The zero-order valence-corrected chi connectivity index (χ0v) is 15.5. The van der Waals surface area contributed by atoms with Crippen molar-refractivity contribution in [1.29, 1.82) is 0 Å². The molecule has 0 aliphatic heterocycles. The van der Waals surface area contributed by atoms with E-state index >= 15 is 0 Å². The minimum absolute atomic E-state index is 0. The number of nitrogens with two attached hydrogens (primary N) is 1. The SMILES string of the molecule is CCOC1CC(NC(=O)CCCCCCN)C12CCCCC2.Cl. The number of amides is 1. The zero-order valence-electron chi connectivity index (χ0n) is 14.6. The summed E-state index contributed by atoms with van der Waals surface area (Å²) < 4.78 is 5.95. The highest BCUT2D eigenvalue weighted by atomic mass is 35.5. The Morgan fingerprint density at radius 1 is 1.17 bits per heavy atom. The third kappa shape index (κ3) is 5.33. The van der Waals surface area contributed by atoms with Crippen molar-refractivity contribution in [3.8, 4) is 0 Å². The summed E-state index contributed by atoms with van der Waals surface area (Å²) in [4.78, 5) is 12.2. The molecule has 0 bridgehead atoms. The van der Waals surface area contributed by atoms with E-state index in [1.165, 1.54) is 32.1 Å². The van der Waals surface area contributed by atoms with Gasteiger partial charge < -0.3 is 15.8 Å². The van der Waals surface area contributed by atoms with Crippen LogP contribution in [0.3, 0.4) is 0 Å². The first-order valence-corrected chi connectivity index (χ1v) is 9.34. The van der Waals surface area contributed by atoms with Crippen LogP contribution >= 0.6 is 12.4 Å². The van der Waals surface area contributed by atoms with Crippen LogP contribution in [0.2, 0.25) is 0 Å². The molecule has 2 atom stereocenters. The van der Waals surface area contributed by atoms with Crippen molar-refractivity contribution in [3.05, 3.63) is 0 Å². The molecule has 2 rings (SSSR count). The van der Waals surface area contributed by atoms with Crippen LogP contribution in [-0.4, -0.2) is 31.2 Å². The lowest BCUT2D eigenvalue weighted by Gasteiger charge is -2.57. The smallest absolute Gasteiger partial charge is 0.220 e. The van der Waals surface area contributed by atoms with Crippen molar-refractivity contribution < 1.29 is 9.53 Å². The van der Waals surface area contributed by atoms with Gasteiger partial charge in [0, 0.05) is 24.5 Å². The van der Waals surface area contributed by atoms with Crippen LogP contribution in [-0.2, 0) is 9.53 Å². The average Bonchev–Trinajstić information content (AvgIpc) is 2.54. The maximum atomic E-state index is 12.2. The van der Waals surface area contributed by atoms with Gasteiger partial charge in [-0.2, -0.15) is 0 Å². The van der Waals surface area contributed by atoms with Crippen molar-refractivity contribution in [2.45, 2.75) is 89.7 Å². The number of nitrogens with one attached hydrogen (secondary N) is 1. The van der Waals surface area contributed by atoms with Crippen LogP contribution in [0, 0.1) is 5.41 Å². The maximum Gasteiger partial charge on any atom is 0.220 e. The second-order valence-corrected chi connectivity index (χ2v) is 7.05. The average molecular weight is 347 g/mol. The molecule has 1 amide bonds. The lowest BCUT2D eigenvalue weighted by atomic mass is 9.55. The summed E-state index contributed by atoms with van der Waals surface area (Å²) in [5.74, 6) is 0.234. The molecular formula is C18H35ClN2O2. The highest BCUT2D eigenvalue weighted by Crippen LogP contribution is 2.53. The highest BCUT2D eigenvalue weighted by Gasteiger charge is 2.55. The lowest BCUT2D eigenvalue weighted by molar-refractivity contribution is -0.157. The highest BCUT2D eigenvalue weighted by molar-refractivity contribution is 5.85. The molecule has 4 nitrogen and oxygen atoms in total. The van der Waals surface area contributed by atoms with Crippen molar-refractivity contribution in [2.24, 2.45) is 11.1 Å². The van der Waals surface area contributed by atoms with E-state index in [1.54, 1.807) is 0 Å². The molecule has 0 aromatic rings. The molecule has 2 aliphatic rings. The van der Waals surface area contributed by atoms with Crippen molar-refractivity contribution in [1.82, 2.24) is 5.32 Å². The van der Waals surface area contributed by atoms with Gasteiger partial charge in [-0.25, -0.2) is 0 Å². The van der Waals surface area contributed by atoms with E-state index < -0.39 is 0 Å². The largest absolute Gasteiger partial charge is 0.378 e. The number of rotatable bonds is 9. The summed E-state index contributed by atoms with van der Waals surface area (Å²) in [6.45, 7) is 3.62. The first-order chi connectivity index (χ1) is 10.7. The fourth-order valence-electron chi connectivity index (χ4n) is 4.32. The molecule has 0 saturated heterocycles. The standard InChI is InChI=1S/C18H34N2O2.ClH/c1-2-22-16-14-15(18(16)11-7-5-8-12-18)20-17(21)10-6-3-4-9-13-19;/h15-16H,2-14,19H2,1H3,(H,20,21);1H. The second kappa shape index (κ2) is 10.5. The minimum atomic E-state index is 0. The first-order valence-electron chi connectivity index (χ1n) is 9.34. The van der Waals surface area contributed by atoms with E-state index in [4.69, 9.17) is 10.5 Å². The molecule has 2 aliphatic carbocycles. The van der Waals surface area contributed by atoms with Gasteiger partial charge in [0.2, 0.25) is 5.91 Å². The topological polar surface area (TPSA) is 64.3 Å². The summed E-state index contributed by atoms with van der Waals surface area (Å²) >= 11 is 0. The molecule has 1 spiro atoms. The van der Waals surface area contributed by atoms with Gasteiger partial charge in [-0.15, -0.1) is 12.4 Å². The van der Waals surface area contributed by atoms with E-state index in [0.717, 1.165) is 45.3 Å². The van der Waals surface area contributed by atoms with E-state index in [-0.39, 0.29) is 23.7 Å². The summed E-state index contributed by atoms with van der Waals surface area (Å²) in [5.41, 5.74) is 5.73. The summed E-state index contributed by atoms with van der Waals surface area (Å²) in [6, 6.07) is 0.348. The molecule has 0 radical (unpaired) electrons. The van der Waals surface area contributed by atoms with E-state index in [9.17, 15) is 4.79 Å². The van der Waals surface area contributed by atoms with Gasteiger partial charge in [-0.1, -0.05) is 32.1 Å². The van der Waals surface area contributed by atoms with Crippen LogP contribution in [0.5, 0.6) is 0 Å². The molecular weight excluding hydrogens is 312 g/mol. The first kappa shape index (κ1) is 20.7. The van der Waals surface area contributed by atoms with Crippen LogP contribution < -0.4 is 11.1 Å². The third-order valence-electron chi connectivity index (χ3n) is 5.63. The van der Waals surface area contributed by atoms with Crippen molar-refractivity contribution in [3.63, 3.8) is 0 Å². The second-order valence-electron chi connectivity index (χ2n) is 7.05. The van der Waals surface area contributed by atoms with Crippen LogP contribution in [0.4, 0.5) is 0 Å². The Hall–Kier alpha value is -0.320. The van der Waals surface area contributed by atoms with Gasteiger partial charge in [0.05, 0.1) is 6.10 Å². The monoisotopic (exact) mass is 346 g/mol. The number of unbranched alkanes of at least 4 members (excludes halogenated alkanes) is 3. The number of carbonyl (C=O) groups excluding carboxylic acids is 1. The molecule has 0 aromatic carbocycles. The Labute approximate surface area is 147 Å². The molecule has 3 N–H and O–H groups in total. The van der Waals surface area contributed by atoms with Gasteiger partial charge in [0.1, 0.15) is 0 Å². The summed E-state index contributed by atoms with van der Waals surface area (Å²) in [7, 11) is 0. The van der Waals surface area contributed by atoms with Crippen molar-refractivity contribution in [2.75, 3.05) is 13.2 Å². The normalized spacial score (nSPS) is 25.5. The van der Waals surface area contributed by atoms with Gasteiger partial charge in [-0.3, -0.25) is 4.79 Å². The molecule has 2 fully saturated rings. The number of carbonyl (C=O) groups is 1. The Kier molecular flexibility index (Phi) is 9.48. The molecule has 23 heavy (non-hydrogen) atoms. The van der Waals surface area contributed by atoms with Crippen LogP contribution in [0.1, 0.15) is 77.6 Å². The quantitative estimate of drug-likeness (QED) is 0.627. The van der Waals surface area contributed by atoms with Crippen LogP contribution in [0.15, 0.2) is 0 Å². The van der Waals surface area contributed by atoms with E-state index in [0.29, 0.717) is 18.6 Å². The van der Waals surface area contributed by atoms with Crippen molar-refractivity contribution >= 4 is 18.3 Å². The Morgan fingerprint density at radius 2 is 1.87 bits per heavy atom. The zero-order chi connectivity index (χ0) is 15.8. The molecule has 136 valence electrons. The fraction of sp³-hybridized carbons (Fsp3) is 0.944. The number of hydrogen-bond donors (Lipinski definition) is 2. The minimum Gasteiger partial charge on any atom is -0.378 e. The lowest BCUT2D eigenvalue weighted by Crippen LogP contribution is -2.65. The maximum absolute atomic E-state index is 12.2. The Bertz CT molecular complexity index is 346. The van der Waals surface area contributed by atoms with Gasteiger partial charge in [-0.05, 0) is 45.6 Å². The van der Waals surface area contributed by atoms with Gasteiger partial charge >= 0.3 is 0 Å². The number of ether oxygens (including phenoxy) is 1. The Balaban J connectivity index is 0.00000264.